The second-order valence-electron chi connectivity index (χ2n) is 4.55. The van der Waals surface area contributed by atoms with Gasteiger partial charge in [0, 0.05) is 6.04 Å². The molecule has 0 aliphatic heterocycles. The van der Waals surface area contributed by atoms with Crippen LogP contribution in [0, 0.1) is 0 Å². The van der Waals surface area contributed by atoms with E-state index in [4.69, 9.17) is 11.6 Å². The van der Waals surface area contributed by atoms with Crippen molar-refractivity contribution in [1.82, 2.24) is 10.3 Å². The van der Waals surface area contributed by atoms with Crippen LogP contribution in [-0.4, -0.2) is 29.3 Å². The second-order valence-corrected chi connectivity index (χ2v) is 4.55. The molecule has 0 heterocycles. The van der Waals surface area contributed by atoms with Gasteiger partial charge in [-0.15, -0.1) is 0 Å². The fourth-order valence-corrected chi connectivity index (χ4v) is 1.96. The van der Waals surface area contributed by atoms with Gasteiger partial charge in [-0.05, 0) is 19.4 Å². The molecule has 6 nitrogen and oxygen atoms in total. The van der Waals surface area contributed by atoms with Crippen molar-refractivity contribution >= 4 is 11.8 Å². The van der Waals surface area contributed by atoms with Gasteiger partial charge in [0.05, 0.1) is 6.54 Å². The molecule has 0 spiro atoms. The lowest BCUT2D eigenvalue weighted by Crippen LogP contribution is -2.48. The van der Waals surface area contributed by atoms with Crippen molar-refractivity contribution < 1.29 is 9.59 Å². The van der Waals surface area contributed by atoms with Crippen LogP contribution in [0.1, 0.15) is 25.5 Å². The zero-order valence-electron chi connectivity index (χ0n) is 11.2. The first kappa shape index (κ1) is 15.1. The van der Waals surface area contributed by atoms with Gasteiger partial charge in [-0.25, -0.2) is 5.84 Å². The molecule has 6 heteroatoms. The van der Waals surface area contributed by atoms with E-state index in [9.17, 15) is 9.59 Å². The highest BCUT2D eigenvalue weighted by Gasteiger charge is 2.29. The number of hydrogen-bond donors (Lipinski definition) is 3. The van der Waals surface area contributed by atoms with E-state index < -0.39 is 11.9 Å². The normalized spacial score (nSPS) is 12.5. The summed E-state index contributed by atoms with van der Waals surface area (Å²) in [5, 5.41) is 0. The summed E-state index contributed by atoms with van der Waals surface area (Å²) in [6.45, 7) is 3.77. The largest absolute Gasteiger partial charge is 0.369 e. The third kappa shape index (κ3) is 4.04. The Hall–Kier alpha value is -1.92. The SMILES string of the molecule is CC(C)N(CC(N)=O)C(C(=O)NN)c1ccccc1. The van der Waals surface area contributed by atoms with Crippen LogP contribution in [0.3, 0.4) is 0 Å². The Morgan fingerprint density at radius 1 is 1.26 bits per heavy atom. The quantitative estimate of drug-likeness (QED) is 0.380. The lowest BCUT2D eigenvalue weighted by atomic mass is 10.0. The maximum Gasteiger partial charge on any atom is 0.255 e. The molecule has 1 rings (SSSR count). The minimum Gasteiger partial charge on any atom is -0.369 e. The number of hydrogen-bond acceptors (Lipinski definition) is 4. The van der Waals surface area contributed by atoms with E-state index in [1.807, 2.05) is 44.2 Å². The van der Waals surface area contributed by atoms with Crippen molar-refractivity contribution in [3.8, 4) is 0 Å². The Kier molecular flexibility index (Phi) is 5.47. The van der Waals surface area contributed by atoms with Crippen LogP contribution in [0.15, 0.2) is 30.3 Å². The van der Waals surface area contributed by atoms with E-state index in [2.05, 4.69) is 5.43 Å². The summed E-state index contributed by atoms with van der Waals surface area (Å²) in [4.78, 5) is 24.9. The summed E-state index contributed by atoms with van der Waals surface area (Å²) in [7, 11) is 0. The molecular formula is C13H20N4O2. The molecule has 0 saturated heterocycles. The van der Waals surface area contributed by atoms with Gasteiger partial charge in [-0.1, -0.05) is 30.3 Å². The molecule has 0 radical (unpaired) electrons. The highest BCUT2D eigenvalue weighted by Crippen LogP contribution is 2.22. The smallest absolute Gasteiger partial charge is 0.255 e. The number of carbonyl (C=O) groups excluding carboxylic acids is 2. The van der Waals surface area contributed by atoms with Crippen molar-refractivity contribution in [2.45, 2.75) is 25.9 Å². The molecule has 0 bridgehead atoms. The van der Waals surface area contributed by atoms with E-state index >= 15 is 0 Å². The van der Waals surface area contributed by atoms with Crippen LogP contribution in [-0.2, 0) is 9.59 Å². The fourth-order valence-electron chi connectivity index (χ4n) is 1.96. The molecule has 5 N–H and O–H groups in total. The molecule has 1 unspecified atom stereocenters. The van der Waals surface area contributed by atoms with Crippen LogP contribution in [0.25, 0.3) is 0 Å². The minimum absolute atomic E-state index is 0.00928. The molecular weight excluding hydrogens is 244 g/mol. The van der Waals surface area contributed by atoms with Crippen molar-refractivity contribution in [2.24, 2.45) is 11.6 Å². The summed E-state index contributed by atoms with van der Waals surface area (Å²) in [5.41, 5.74) is 8.15. The maximum atomic E-state index is 12.0. The highest BCUT2D eigenvalue weighted by atomic mass is 16.2. The number of rotatable bonds is 6. The van der Waals surface area contributed by atoms with Crippen molar-refractivity contribution in [2.75, 3.05) is 6.54 Å². The molecule has 0 aromatic heterocycles. The van der Waals surface area contributed by atoms with Gasteiger partial charge < -0.3 is 5.73 Å². The van der Waals surface area contributed by atoms with E-state index in [0.29, 0.717) is 0 Å². The zero-order chi connectivity index (χ0) is 14.4. The molecule has 1 aromatic rings. The predicted octanol–water partition coefficient (Wildman–Crippen LogP) is -0.0867. The summed E-state index contributed by atoms with van der Waals surface area (Å²) in [5.74, 6) is 4.38. The third-order valence-corrected chi connectivity index (χ3v) is 2.84. The number of benzene rings is 1. The Balaban J connectivity index is 3.14. The number of amides is 2. The van der Waals surface area contributed by atoms with E-state index in [0.717, 1.165) is 5.56 Å². The van der Waals surface area contributed by atoms with Crippen LogP contribution < -0.4 is 17.0 Å². The van der Waals surface area contributed by atoms with Crippen LogP contribution in [0.5, 0.6) is 0 Å². The molecule has 0 saturated carbocycles. The van der Waals surface area contributed by atoms with Crippen molar-refractivity contribution in [1.29, 1.82) is 0 Å². The van der Waals surface area contributed by atoms with Gasteiger partial charge in [0.1, 0.15) is 6.04 Å². The molecule has 0 aliphatic rings. The van der Waals surface area contributed by atoms with Gasteiger partial charge in [-0.2, -0.15) is 0 Å². The monoisotopic (exact) mass is 264 g/mol. The van der Waals surface area contributed by atoms with Crippen LogP contribution in [0.4, 0.5) is 0 Å². The number of primary amides is 1. The summed E-state index contributed by atoms with van der Waals surface area (Å²) in [6.07, 6.45) is 0. The molecule has 0 aliphatic carbocycles. The number of hydrazine groups is 1. The predicted molar refractivity (Wildman–Crippen MR) is 72.5 cm³/mol. The lowest BCUT2D eigenvalue weighted by Gasteiger charge is -2.32. The lowest BCUT2D eigenvalue weighted by molar-refractivity contribution is -0.129. The first-order valence-corrected chi connectivity index (χ1v) is 6.06. The second kappa shape index (κ2) is 6.86. The van der Waals surface area contributed by atoms with Gasteiger partial charge in [0.2, 0.25) is 5.91 Å². The summed E-state index contributed by atoms with van der Waals surface area (Å²) < 4.78 is 0. The number of nitrogens with zero attached hydrogens (tertiary/aromatic N) is 1. The molecule has 1 aromatic carbocycles. The Morgan fingerprint density at radius 2 is 1.84 bits per heavy atom. The van der Waals surface area contributed by atoms with Crippen molar-refractivity contribution in [3.63, 3.8) is 0 Å². The fraction of sp³-hybridized carbons (Fsp3) is 0.385. The van der Waals surface area contributed by atoms with Gasteiger partial charge in [0.15, 0.2) is 0 Å². The standard InChI is InChI=1S/C13H20N4O2/c1-9(2)17(8-11(14)18)12(13(19)16-15)10-6-4-3-5-7-10/h3-7,9,12H,8,15H2,1-2H3,(H2,14,18)(H,16,19). The Morgan fingerprint density at radius 3 is 2.26 bits per heavy atom. The van der Waals surface area contributed by atoms with Crippen molar-refractivity contribution in [3.05, 3.63) is 35.9 Å². The zero-order valence-corrected chi connectivity index (χ0v) is 11.2. The van der Waals surface area contributed by atoms with Gasteiger partial charge in [-0.3, -0.25) is 19.9 Å². The molecule has 104 valence electrons. The van der Waals surface area contributed by atoms with E-state index in [-0.39, 0.29) is 18.5 Å². The first-order valence-electron chi connectivity index (χ1n) is 6.06. The number of nitrogens with one attached hydrogen (secondary N) is 1. The highest BCUT2D eigenvalue weighted by molar-refractivity contribution is 5.84. The van der Waals surface area contributed by atoms with Crippen LogP contribution in [0.2, 0.25) is 0 Å². The van der Waals surface area contributed by atoms with E-state index in [1.54, 1.807) is 4.90 Å². The van der Waals surface area contributed by atoms with E-state index in [1.165, 1.54) is 0 Å². The van der Waals surface area contributed by atoms with Crippen LogP contribution >= 0.6 is 0 Å². The van der Waals surface area contributed by atoms with Gasteiger partial charge in [0.25, 0.3) is 5.91 Å². The molecule has 0 fully saturated rings. The third-order valence-electron chi connectivity index (χ3n) is 2.84. The summed E-state index contributed by atoms with van der Waals surface area (Å²) in [6, 6.07) is 8.47. The topological polar surface area (TPSA) is 101 Å². The molecule has 19 heavy (non-hydrogen) atoms. The molecule has 1 atom stereocenters. The number of nitrogens with two attached hydrogens (primary N) is 2. The maximum absolute atomic E-state index is 12.0. The number of carbonyl (C=O) groups is 2. The first-order chi connectivity index (χ1) is 8.97. The Bertz CT molecular complexity index is 434. The molecule has 2 amide bonds. The Labute approximate surface area is 112 Å². The summed E-state index contributed by atoms with van der Waals surface area (Å²) >= 11 is 0. The minimum atomic E-state index is -0.640. The average molecular weight is 264 g/mol. The van der Waals surface area contributed by atoms with Gasteiger partial charge >= 0.3 is 0 Å². The average Bonchev–Trinajstić information content (AvgIpc) is 2.38.